The number of ether oxygens (including phenoxy) is 1. The van der Waals surface area contributed by atoms with Crippen LogP contribution in [0.15, 0.2) is 60.9 Å². The summed E-state index contributed by atoms with van der Waals surface area (Å²) in [6.45, 7) is 4.51. The number of carbonyl (C=O) groups is 1. The molecule has 0 bridgehead atoms. The highest BCUT2D eigenvalue weighted by Crippen LogP contribution is 2.24. The van der Waals surface area contributed by atoms with Gasteiger partial charge < -0.3 is 15.4 Å². The maximum absolute atomic E-state index is 12.6. The number of aryl methyl sites for hydroxylation is 1. The van der Waals surface area contributed by atoms with Crippen LogP contribution in [0.25, 0.3) is 0 Å². The number of aromatic nitrogens is 2. The second-order valence-electron chi connectivity index (χ2n) is 5.81. The third kappa shape index (κ3) is 4.61. The van der Waals surface area contributed by atoms with Crippen molar-refractivity contribution in [3.05, 3.63) is 72.2 Å². The van der Waals surface area contributed by atoms with Crippen molar-refractivity contribution in [2.24, 2.45) is 0 Å². The van der Waals surface area contributed by atoms with Crippen molar-refractivity contribution in [3.63, 3.8) is 0 Å². The summed E-state index contributed by atoms with van der Waals surface area (Å²) >= 11 is 0. The van der Waals surface area contributed by atoms with E-state index in [9.17, 15) is 4.79 Å². The molecule has 2 aromatic carbocycles. The zero-order valence-corrected chi connectivity index (χ0v) is 15.4. The smallest absolute Gasteiger partial charge is 0.274 e. The summed E-state index contributed by atoms with van der Waals surface area (Å²) in [5.41, 5.74) is 3.01. The van der Waals surface area contributed by atoms with Gasteiger partial charge in [-0.3, -0.25) is 4.79 Å². The summed E-state index contributed by atoms with van der Waals surface area (Å²) in [5.74, 6) is 0.864. The van der Waals surface area contributed by atoms with E-state index in [0.717, 1.165) is 12.1 Å². The van der Waals surface area contributed by atoms with E-state index in [1.165, 1.54) is 11.9 Å². The zero-order valence-electron chi connectivity index (χ0n) is 15.4. The monoisotopic (exact) mass is 362 g/mol. The van der Waals surface area contributed by atoms with Gasteiger partial charge in [0.25, 0.3) is 5.91 Å². The van der Waals surface area contributed by atoms with Crippen molar-refractivity contribution in [1.29, 1.82) is 0 Å². The van der Waals surface area contributed by atoms with Gasteiger partial charge in [0, 0.05) is 11.8 Å². The van der Waals surface area contributed by atoms with E-state index >= 15 is 0 Å². The van der Waals surface area contributed by atoms with Gasteiger partial charge in [-0.2, -0.15) is 0 Å². The summed E-state index contributed by atoms with van der Waals surface area (Å²) in [5, 5.41) is 6.10. The van der Waals surface area contributed by atoms with E-state index in [1.807, 2.05) is 43.3 Å². The highest BCUT2D eigenvalue weighted by molar-refractivity contribution is 6.04. The molecule has 3 rings (SSSR count). The molecule has 1 amide bonds. The van der Waals surface area contributed by atoms with E-state index in [4.69, 9.17) is 4.74 Å². The minimum absolute atomic E-state index is 0.271. The van der Waals surface area contributed by atoms with Gasteiger partial charge >= 0.3 is 0 Å². The largest absolute Gasteiger partial charge is 0.492 e. The Bertz CT molecular complexity index is 927. The predicted octanol–water partition coefficient (Wildman–Crippen LogP) is 4.43. The molecule has 0 aliphatic heterocycles. The Morgan fingerprint density at radius 1 is 1.00 bits per heavy atom. The van der Waals surface area contributed by atoms with Gasteiger partial charge in [0.05, 0.1) is 12.3 Å². The maximum Gasteiger partial charge on any atom is 0.274 e. The fourth-order valence-corrected chi connectivity index (χ4v) is 2.68. The normalized spacial score (nSPS) is 10.3. The quantitative estimate of drug-likeness (QED) is 0.650. The molecule has 1 aromatic heterocycles. The molecule has 0 fully saturated rings. The summed E-state index contributed by atoms with van der Waals surface area (Å²) in [7, 11) is 0. The molecule has 0 radical (unpaired) electrons. The van der Waals surface area contributed by atoms with Crippen LogP contribution >= 0.6 is 0 Å². The molecule has 1 heterocycles. The van der Waals surface area contributed by atoms with Crippen LogP contribution < -0.4 is 15.4 Å². The van der Waals surface area contributed by atoms with Gasteiger partial charge in [-0.05, 0) is 37.1 Å². The number of carbonyl (C=O) groups excluding carboxylic acids is 1. The van der Waals surface area contributed by atoms with Crippen molar-refractivity contribution < 1.29 is 9.53 Å². The average molecular weight is 362 g/mol. The zero-order chi connectivity index (χ0) is 19.1. The second-order valence-corrected chi connectivity index (χ2v) is 5.81. The standard InChI is InChI=1S/C21H22N4O2/c1-3-15-9-5-6-10-16(15)24-20-13-18(22-14-23-20)21(26)25-17-11-7-8-12-19(17)27-4-2/h5-14H,3-4H2,1-2H3,(H,25,26)(H,22,23,24). The fourth-order valence-electron chi connectivity index (χ4n) is 2.68. The van der Waals surface area contributed by atoms with E-state index in [-0.39, 0.29) is 11.6 Å². The highest BCUT2D eigenvalue weighted by Gasteiger charge is 2.12. The Labute approximate surface area is 158 Å². The van der Waals surface area contributed by atoms with Gasteiger partial charge in [0.2, 0.25) is 0 Å². The number of anilines is 3. The number of nitrogens with one attached hydrogen (secondary N) is 2. The topological polar surface area (TPSA) is 76.1 Å². The summed E-state index contributed by atoms with van der Waals surface area (Å²) in [6, 6.07) is 16.9. The number of nitrogens with zero attached hydrogens (tertiary/aromatic N) is 2. The maximum atomic E-state index is 12.6. The van der Waals surface area contributed by atoms with Crippen LogP contribution in [0.1, 0.15) is 29.9 Å². The molecule has 0 atom stereocenters. The molecule has 3 aromatic rings. The average Bonchev–Trinajstić information content (AvgIpc) is 2.70. The van der Waals surface area contributed by atoms with Gasteiger partial charge in [0.1, 0.15) is 23.6 Å². The van der Waals surface area contributed by atoms with Crippen LogP contribution in [0.4, 0.5) is 17.2 Å². The lowest BCUT2D eigenvalue weighted by Crippen LogP contribution is -2.15. The molecule has 6 nitrogen and oxygen atoms in total. The van der Waals surface area contributed by atoms with Crippen molar-refractivity contribution in [2.45, 2.75) is 20.3 Å². The first-order valence-corrected chi connectivity index (χ1v) is 8.91. The van der Waals surface area contributed by atoms with Crippen LogP contribution in [0.2, 0.25) is 0 Å². The number of benzene rings is 2. The van der Waals surface area contributed by atoms with Gasteiger partial charge in [-0.25, -0.2) is 9.97 Å². The van der Waals surface area contributed by atoms with Crippen molar-refractivity contribution >= 4 is 23.1 Å². The Hall–Kier alpha value is -3.41. The molecular weight excluding hydrogens is 340 g/mol. The summed E-state index contributed by atoms with van der Waals surface area (Å²) in [6.07, 6.45) is 2.27. The lowest BCUT2D eigenvalue weighted by molar-refractivity contribution is 0.102. The van der Waals surface area contributed by atoms with Crippen LogP contribution in [-0.4, -0.2) is 22.5 Å². The number of amides is 1. The second kappa shape index (κ2) is 8.80. The minimum Gasteiger partial charge on any atom is -0.492 e. The molecule has 0 saturated carbocycles. The Kier molecular flexibility index (Phi) is 5.99. The molecule has 27 heavy (non-hydrogen) atoms. The Balaban J connectivity index is 1.78. The lowest BCUT2D eigenvalue weighted by atomic mass is 10.1. The summed E-state index contributed by atoms with van der Waals surface area (Å²) in [4.78, 5) is 20.9. The number of rotatable bonds is 7. The molecule has 0 aliphatic carbocycles. The lowest BCUT2D eigenvalue weighted by Gasteiger charge is -2.12. The van der Waals surface area contributed by atoms with Gasteiger partial charge in [-0.1, -0.05) is 37.3 Å². The first-order valence-electron chi connectivity index (χ1n) is 8.91. The Morgan fingerprint density at radius 2 is 1.74 bits per heavy atom. The highest BCUT2D eigenvalue weighted by atomic mass is 16.5. The number of hydrogen-bond donors (Lipinski definition) is 2. The third-order valence-electron chi connectivity index (χ3n) is 4.00. The van der Waals surface area contributed by atoms with E-state index < -0.39 is 0 Å². The number of hydrogen-bond acceptors (Lipinski definition) is 5. The van der Waals surface area contributed by atoms with Crippen LogP contribution in [0.3, 0.4) is 0 Å². The molecule has 0 saturated heterocycles. The van der Waals surface area contributed by atoms with Gasteiger partial charge in [-0.15, -0.1) is 0 Å². The summed E-state index contributed by atoms with van der Waals surface area (Å²) < 4.78 is 5.54. The first-order chi connectivity index (χ1) is 13.2. The van der Waals surface area contributed by atoms with E-state index in [2.05, 4.69) is 33.6 Å². The Morgan fingerprint density at radius 3 is 2.52 bits per heavy atom. The molecule has 138 valence electrons. The number of para-hydroxylation sites is 3. The van der Waals surface area contributed by atoms with E-state index in [0.29, 0.717) is 23.9 Å². The molecule has 0 spiro atoms. The van der Waals surface area contributed by atoms with Crippen LogP contribution in [0, 0.1) is 0 Å². The van der Waals surface area contributed by atoms with Gasteiger partial charge in [0.15, 0.2) is 0 Å². The molecule has 0 aliphatic rings. The van der Waals surface area contributed by atoms with Crippen molar-refractivity contribution in [3.8, 4) is 5.75 Å². The minimum atomic E-state index is -0.323. The van der Waals surface area contributed by atoms with Crippen LogP contribution in [0.5, 0.6) is 5.75 Å². The van der Waals surface area contributed by atoms with Crippen molar-refractivity contribution in [1.82, 2.24) is 9.97 Å². The van der Waals surface area contributed by atoms with E-state index in [1.54, 1.807) is 12.1 Å². The molecular formula is C21H22N4O2. The first kappa shape index (κ1) is 18.4. The molecule has 2 N–H and O–H groups in total. The molecule has 0 unspecified atom stereocenters. The SMILES string of the molecule is CCOc1ccccc1NC(=O)c1cc(Nc2ccccc2CC)ncn1. The predicted molar refractivity (Wildman–Crippen MR) is 107 cm³/mol. The molecule has 6 heteroatoms. The fraction of sp³-hybridized carbons (Fsp3) is 0.190. The third-order valence-corrected chi connectivity index (χ3v) is 4.00. The van der Waals surface area contributed by atoms with Crippen LogP contribution in [-0.2, 0) is 6.42 Å². The van der Waals surface area contributed by atoms with Crippen molar-refractivity contribution in [2.75, 3.05) is 17.2 Å².